The van der Waals surface area contributed by atoms with Gasteiger partial charge in [-0.2, -0.15) is 0 Å². The van der Waals surface area contributed by atoms with Gasteiger partial charge in [0.15, 0.2) is 0 Å². The molecule has 2 heterocycles. The fraction of sp³-hybridized carbons (Fsp3) is 0.267. The maximum atomic E-state index is 11.3. The van der Waals surface area contributed by atoms with Crippen LogP contribution in [-0.2, 0) is 11.3 Å². The zero-order valence-corrected chi connectivity index (χ0v) is 11.8. The van der Waals surface area contributed by atoms with Gasteiger partial charge in [-0.05, 0) is 29.8 Å². The second-order valence-corrected chi connectivity index (χ2v) is 4.79. The van der Waals surface area contributed by atoms with Crippen LogP contribution in [0.15, 0.2) is 36.7 Å². The van der Waals surface area contributed by atoms with Gasteiger partial charge in [-0.3, -0.25) is 5.32 Å². The third-order valence-electron chi connectivity index (χ3n) is 3.39. The van der Waals surface area contributed by atoms with Crippen molar-refractivity contribution in [3.63, 3.8) is 0 Å². The lowest BCUT2D eigenvalue weighted by Crippen LogP contribution is -2.32. The van der Waals surface area contributed by atoms with Gasteiger partial charge in [0.1, 0.15) is 12.4 Å². The number of aromatic amines is 1. The Morgan fingerprint density at radius 3 is 3.14 bits per heavy atom. The number of amides is 1. The van der Waals surface area contributed by atoms with Gasteiger partial charge in [0.2, 0.25) is 0 Å². The van der Waals surface area contributed by atoms with Crippen LogP contribution in [0.5, 0.6) is 5.75 Å². The van der Waals surface area contributed by atoms with Crippen molar-refractivity contribution in [3.8, 4) is 5.75 Å². The highest BCUT2D eigenvalue weighted by Crippen LogP contribution is 2.35. The zero-order chi connectivity index (χ0) is 14.7. The molecule has 21 heavy (non-hydrogen) atoms. The Morgan fingerprint density at radius 1 is 1.48 bits per heavy atom. The number of benzene rings is 1. The summed E-state index contributed by atoms with van der Waals surface area (Å²) >= 11 is 0. The Balaban J connectivity index is 1.84. The molecule has 1 aliphatic heterocycles. The van der Waals surface area contributed by atoms with Crippen LogP contribution in [0.3, 0.4) is 0 Å². The Labute approximate surface area is 122 Å². The van der Waals surface area contributed by atoms with Gasteiger partial charge in [-0.15, -0.1) is 0 Å². The number of anilines is 2. The molecule has 0 fully saturated rings. The van der Waals surface area contributed by atoms with Gasteiger partial charge in [0.25, 0.3) is 0 Å². The minimum atomic E-state index is -0.483. The number of nitrogens with zero attached hydrogens (tertiary/aromatic N) is 1. The molecule has 1 aromatic carbocycles. The number of carbonyl (C=O) groups excluding carboxylic acids is 1. The van der Waals surface area contributed by atoms with Gasteiger partial charge in [0, 0.05) is 24.6 Å². The summed E-state index contributed by atoms with van der Waals surface area (Å²) in [6, 6.07) is 7.61. The molecule has 0 spiro atoms. The molecule has 1 amide bonds. The van der Waals surface area contributed by atoms with Crippen molar-refractivity contribution in [3.05, 3.63) is 42.2 Å². The monoisotopic (exact) mass is 287 g/mol. The summed E-state index contributed by atoms with van der Waals surface area (Å²) in [5.74, 6) is 0.826. The van der Waals surface area contributed by atoms with Gasteiger partial charge in [-0.25, -0.2) is 4.79 Å². The van der Waals surface area contributed by atoms with Crippen molar-refractivity contribution in [2.45, 2.75) is 6.54 Å². The predicted molar refractivity (Wildman–Crippen MR) is 79.8 cm³/mol. The summed E-state index contributed by atoms with van der Waals surface area (Å²) in [5.41, 5.74) is 2.86. The van der Waals surface area contributed by atoms with Crippen molar-refractivity contribution < 1.29 is 14.3 Å². The highest BCUT2D eigenvalue weighted by atomic mass is 16.5. The fourth-order valence-corrected chi connectivity index (χ4v) is 2.36. The van der Waals surface area contributed by atoms with E-state index >= 15 is 0 Å². The van der Waals surface area contributed by atoms with Crippen molar-refractivity contribution in [1.82, 2.24) is 4.98 Å². The van der Waals surface area contributed by atoms with E-state index in [0.717, 1.165) is 24.5 Å². The third-order valence-corrected chi connectivity index (χ3v) is 3.39. The first-order chi connectivity index (χ1) is 10.3. The third kappa shape index (κ3) is 2.94. The largest absolute Gasteiger partial charge is 0.490 e. The smallest absolute Gasteiger partial charge is 0.411 e. The molecule has 0 saturated heterocycles. The summed E-state index contributed by atoms with van der Waals surface area (Å²) in [5, 5.41) is 2.67. The lowest BCUT2D eigenvalue weighted by molar-refractivity contribution is 0.187. The van der Waals surface area contributed by atoms with E-state index in [4.69, 9.17) is 4.74 Å². The molecular formula is C15H17N3O3. The Kier molecular flexibility index (Phi) is 3.68. The number of nitrogens with one attached hydrogen (secondary N) is 2. The molecule has 1 aromatic heterocycles. The summed E-state index contributed by atoms with van der Waals surface area (Å²) < 4.78 is 10.3. The minimum Gasteiger partial charge on any atom is -0.490 e. The molecule has 0 unspecified atom stereocenters. The summed E-state index contributed by atoms with van der Waals surface area (Å²) in [4.78, 5) is 16.6. The van der Waals surface area contributed by atoms with Crippen molar-refractivity contribution in [2.75, 3.05) is 30.5 Å². The first-order valence-corrected chi connectivity index (χ1v) is 6.74. The molecule has 0 atom stereocenters. The van der Waals surface area contributed by atoms with Gasteiger partial charge >= 0.3 is 6.09 Å². The molecule has 3 rings (SSSR count). The molecule has 2 N–H and O–H groups in total. The van der Waals surface area contributed by atoms with Crippen LogP contribution in [0.2, 0.25) is 0 Å². The number of rotatable bonds is 3. The van der Waals surface area contributed by atoms with Crippen molar-refractivity contribution in [2.24, 2.45) is 0 Å². The minimum absolute atomic E-state index is 0.483. The fourth-order valence-electron chi connectivity index (χ4n) is 2.36. The second-order valence-electron chi connectivity index (χ2n) is 4.79. The second kappa shape index (κ2) is 5.78. The van der Waals surface area contributed by atoms with Gasteiger partial charge in [0.05, 0.1) is 19.3 Å². The van der Waals surface area contributed by atoms with Crippen LogP contribution in [-0.4, -0.2) is 31.3 Å². The Bertz CT molecular complexity index is 625. The van der Waals surface area contributed by atoms with Crippen LogP contribution in [0.4, 0.5) is 16.2 Å². The molecule has 6 heteroatoms. The first-order valence-electron chi connectivity index (χ1n) is 6.74. The van der Waals surface area contributed by atoms with Crippen LogP contribution >= 0.6 is 0 Å². The van der Waals surface area contributed by atoms with E-state index < -0.39 is 6.09 Å². The van der Waals surface area contributed by atoms with Crippen LogP contribution in [0, 0.1) is 0 Å². The molecule has 110 valence electrons. The summed E-state index contributed by atoms with van der Waals surface area (Å²) in [7, 11) is 1.34. The van der Waals surface area contributed by atoms with Crippen molar-refractivity contribution >= 4 is 17.5 Å². The number of methoxy groups -OCH3 is 1. The molecular weight excluding hydrogens is 270 g/mol. The lowest BCUT2D eigenvalue weighted by Gasteiger charge is -2.31. The number of ether oxygens (including phenoxy) is 2. The maximum absolute atomic E-state index is 11.3. The van der Waals surface area contributed by atoms with E-state index in [0.29, 0.717) is 12.3 Å². The van der Waals surface area contributed by atoms with Gasteiger partial charge < -0.3 is 19.4 Å². The average molecular weight is 287 g/mol. The predicted octanol–water partition coefficient (Wildman–Crippen LogP) is 2.59. The number of hydrogen-bond donors (Lipinski definition) is 2. The summed E-state index contributed by atoms with van der Waals surface area (Å²) in [6.07, 6.45) is 3.40. The number of H-pyrrole nitrogens is 1. The number of fused-ring (bicyclic) bond motifs is 1. The topological polar surface area (TPSA) is 66.6 Å². The van der Waals surface area contributed by atoms with E-state index in [9.17, 15) is 4.79 Å². The maximum Gasteiger partial charge on any atom is 0.411 e. The molecule has 0 aliphatic carbocycles. The normalized spacial score (nSPS) is 13.3. The van der Waals surface area contributed by atoms with E-state index in [1.807, 2.05) is 30.6 Å². The highest BCUT2D eigenvalue weighted by Gasteiger charge is 2.19. The molecule has 0 bridgehead atoms. The van der Waals surface area contributed by atoms with Gasteiger partial charge in [-0.1, -0.05) is 0 Å². The molecule has 6 nitrogen and oxygen atoms in total. The van der Waals surface area contributed by atoms with Crippen LogP contribution < -0.4 is 15.0 Å². The molecule has 1 aliphatic rings. The number of aromatic nitrogens is 1. The van der Waals surface area contributed by atoms with E-state index in [1.54, 1.807) is 6.07 Å². The average Bonchev–Trinajstić information content (AvgIpc) is 3.01. The Hall–Kier alpha value is -2.63. The highest BCUT2D eigenvalue weighted by molar-refractivity contribution is 5.86. The lowest BCUT2D eigenvalue weighted by atomic mass is 10.2. The molecule has 2 aromatic rings. The number of carbonyl (C=O) groups is 1. The number of hydrogen-bond acceptors (Lipinski definition) is 4. The van der Waals surface area contributed by atoms with Crippen LogP contribution in [0.25, 0.3) is 0 Å². The first kappa shape index (κ1) is 13.4. The summed E-state index contributed by atoms with van der Waals surface area (Å²) in [6.45, 7) is 2.25. The van der Waals surface area contributed by atoms with E-state index in [2.05, 4.69) is 19.9 Å². The van der Waals surface area contributed by atoms with E-state index in [-0.39, 0.29) is 0 Å². The standard InChI is InChI=1S/C15H17N3O3/c1-20-15(19)17-12-2-3-14-13(8-12)18(6-7-21-14)10-11-4-5-16-9-11/h2-5,8-9,16H,6-7,10H2,1H3,(H,17,19). The molecule has 0 saturated carbocycles. The quantitative estimate of drug-likeness (QED) is 0.910. The molecule has 0 radical (unpaired) electrons. The van der Waals surface area contributed by atoms with Crippen molar-refractivity contribution in [1.29, 1.82) is 0 Å². The zero-order valence-electron chi connectivity index (χ0n) is 11.8. The Morgan fingerprint density at radius 2 is 2.38 bits per heavy atom. The van der Waals surface area contributed by atoms with E-state index in [1.165, 1.54) is 12.7 Å². The SMILES string of the molecule is COC(=O)Nc1ccc2c(c1)N(Cc1cc[nH]c1)CCO2. The van der Waals surface area contributed by atoms with Crippen LogP contribution in [0.1, 0.15) is 5.56 Å².